The second-order valence-electron chi connectivity index (χ2n) is 5.61. The van der Waals surface area contributed by atoms with E-state index in [1.54, 1.807) is 11.3 Å². The Labute approximate surface area is 170 Å². The summed E-state index contributed by atoms with van der Waals surface area (Å²) >= 11 is 1.80. The topological polar surface area (TPSA) is 46.1 Å². The Kier molecular flexibility index (Phi) is 7.83. The van der Waals surface area contributed by atoms with Crippen LogP contribution in [-0.4, -0.2) is 37.8 Å². The number of hydrogen-bond acceptors (Lipinski definition) is 4. The van der Waals surface area contributed by atoms with E-state index in [0.29, 0.717) is 13.3 Å². The summed E-state index contributed by atoms with van der Waals surface area (Å²) in [6.07, 6.45) is 1.03. The Morgan fingerprint density at radius 3 is 2.88 bits per heavy atom. The molecule has 7 heteroatoms. The summed E-state index contributed by atoms with van der Waals surface area (Å²) in [5, 5.41) is 5.48. The van der Waals surface area contributed by atoms with Crippen molar-refractivity contribution in [2.24, 2.45) is 4.99 Å². The van der Waals surface area contributed by atoms with Gasteiger partial charge in [-0.25, -0.2) is 4.99 Å². The van der Waals surface area contributed by atoms with E-state index in [2.05, 4.69) is 41.7 Å². The molecule has 0 amide bonds. The van der Waals surface area contributed by atoms with Crippen molar-refractivity contribution in [1.82, 2.24) is 10.2 Å². The lowest BCUT2D eigenvalue weighted by molar-refractivity contribution is 0.174. The van der Waals surface area contributed by atoms with Gasteiger partial charge in [-0.3, -0.25) is 0 Å². The van der Waals surface area contributed by atoms with Crippen molar-refractivity contribution in [3.8, 4) is 11.5 Å². The molecule has 0 atom stereocenters. The van der Waals surface area contributed by atoms with Gasteiger partial charge in [-0.2, -0.15) is 0 Å². The number of likely N-dealkylation sites (N-methyl/N-ethyl adjacent to an activating group) is 1. The fourth-order valence-corrected chi connectivity index (χ4v) is 3.21. The molecule has 25 heavy (non-hydrogen) atoms. The van der Waals surface area contributed by atoms with Gasteiger partial charge in [-0.15, -0.1) is 35.3 Å². The van der Waals surface area contributed by atoms with Crippen LogP contribution in [0.2, 0.25) is 0 Å². The number of rotatable bonds is 6. The molecule has 0 saturated heterocycles. The number of nitrogens with one attached hydrogen (secondary N) is 1. The van der Waals surface area contributed by atoms with E-state index in [1.807, 2.05) is 18.2 Å². The zero-order chi connectivity index (χ0) is 16.8. The zero-order valence-electron chi connectivity index (χ0n) is 14.5. The van der Waals surface area contributed by atoms with E-state index in [4.69, 9.17) is 14.5 Å². The third kappa shape index (κ3) is 5.50. The lowest BCUT2D eigenvalue weighted by Crippen LogP contribution is -2.39. The highest BCUT2D eigenvalue weighted by atomic mass is 127. The number of thiophene rings is 1. The zero-order valence-corrected chi connectivity index (χ0v) is 17.7. The molecule has 1 N–H and O–H groups in total. The van der Waals surface area contributed by atoms with Gasteiger partial charge >= 0.3 is 0 Å². The summed E-state index contributed by atoms with van der Waals surface area (Å²) in [5.41, 5.74) is 1.11. The number of halogens is 1. The average molecular weight is 473 g/mol. The third-order valence-corrected chi connectivity index (χ3v) is 4.75. The lowest BCUT2D eigenvalue weighted by Gasteiger charge is -2.21. The van der Waals surface area contributed by atoms with Crippen LogP contribution < -0.4 is 14.8 Å². The molecule has 3 rings (SSSR count). The Bertz CT molecular complexity index is 692. The first-order valence-corrected chi connectivity index (χ1v) is 9.04. The molecule has 0 aliphatic carbocycles. The van der Waals surface area contributed by atoms with Crippen molar-refractivity contribution in [2.75, 3.05) is 26.9 Å². The molecule has 0 radical (unpaired) electrons. The first-order chi connectivity index (χ1) is 11.8. The molecule has 0 fully saturated rings. The molecule has 136 valence electrons. The van der Waals surface area contributed by atoms with Crippen molar-refractivity contribution in [3.05, 3.63) is 46.2 Å². The molecule has 0 bridgehead atoms. The summed E-state index contributed by atoms with van der Waals surface area (Å²) in [5.74, 6) is 2.54. The molecule has 1 aliphatic heterocycles. The van der Waals surface area contributed by atoms with Crippen molar-refractivity contribution < 1.29 is 9.47 Å². The largest absolute Gasteiger partial charge is 0.454 e. The van der Waals surface area contributed by atoms with Crippen LogP contribution in [0.25, 0.3) is 0 Å². The number of nitrogens with zero attached hydrogens (tertiary/aromatic N) is 2. The average Bonchev–Trinajstić information content (AvgIpc) is 3.27. The van der Waals surface area contributed by atoms with Crippen molar-refractivity contribution >= 4 is 41.3 Å². The van der Waals surface area contributed by atoms with E-state index >= 15 is 0 Å². The van der Waals surface area contributed by atoms with Crippen molar-refractivity contribution in [3.63, 3.8) is 0 Å². The molecule has 0 spiro atoms. The van der Waals surface area contributed by atoms with Gasteiger partial charge in [0.05, 0.1) is 6.54 Å². The van der Waals surface area contributed by atoms with Crippen LogP contribution in [0.1, 0.15) is 17.4 Å². The van der Waals surface area contributed by atoms with Crippen LogP contribution >= 0.6 is 35.3 Å². The number of aliphatic imine (C=N–C) groups is 1. The number of hydrogen-bond donors (Lipinski definition) is 1. The van der Waals surface area contributed by atoms with Crippen molar-refractivity contribution in [1.29, 1.82) is 0 Å². The maximum Gasteiger partial charge on any atom is 0.231 e. The van der Waals surface area contributed by atoms with E-state index in [9.17, 15) is 0 Å². The van der Waals surface area contributed by atoms with Crippen LogP contribution in [0.4, 0.5) is 0 Å². The predicted octanol–water partition coefficient (Wildman–Crippen LogP) is 3.73. The standard InChI is InChI=1S/C18H23N3O2S.HI/c1-3-19-18(21(2)9-8-15-5-4-10-24-15)20-12-14-6-7-16-17(11-14)23-13-22-16;/h4-7,10-11H,3,8-9,12-13H2,1-2H3,(H,19,20);1H. The van der Waals surface area contributed by atoms with Crippen LogP contribution in [-0.2, 0) is 13.0 Å². The molecule has 1 aromatic carbocycles. The van der Waals surface area contributed by atoms with E-state index in [-0.39, 0.29) is 24.0 Å². The minimum atomic E-state index is 0. The van der Waals surface area contributed by atoms with E-state index in [0.717, 1.165) is 42.5 Å². The molecular formula is C18H24IN3O2S. The number of fused-ring (bicyclic) bond motifs is 1. The maximum atomic E-state index is 5.43. The molecule has 2 heterocycles. The quantitative estimate of drug-likeness (QED) is 0.395. The number of guanidine groups is 1. The van der Waals surface area contributed by atoms with Gasteiger partial charge < -0.3 is 19.7 Å². The third-order valence-electron chi connectivity index (χ3n) is 3.82. The highest BCUT2D eigenvalue weighted by Gasteiger charge is 2.13. The Balaban J connectivity index is 0.00000225. The summed E-state index contributed by atoms with van der Waals surface area (Å²) in [6, 6.07) is 10.3. The second-order valence-corrected chi connectivity index (χ2v) is 6.64. The molecule has 2 aromatic rings. The highest BCUT2D eigenvalue weighted by molar-refractivity contribution is 14.0. The monoisotopic (exact) mass is 473 g/mol. The van der Waals surface area contributed by atoms with Crippen molar-refractivity contribution in [2.45, 2.75) is 19.9 Å². The molecule has 5 nitrogen and oxygen atoms in total. The Morgan fingerprint density at radius 1 is 1.28 bits per heavy atom. The second kappa shape index (κ2) is 9.86. The minimum Gasteiger partial charge on any atom is -0.454 e. The van der Waals surface area contributed by atoms with Crippen LogP contribution in [0.3, 0.4) is 0 Å². The number of benzene rings is 1. The molecule has 0 saturated carbocycles. The van der Waals surface area contributed by atoms with Gasteiger partial charge in [0, 0.05) is 25.0 Å². The highest BCUT2D eigenvalue weighted by Crippen LogP contribution is 2.32. The van der Waals surface area contributed by atoms with Gasteiger partial charge in [0.2, 0.25) is 6.79 Å². The van der Waals surface area contributed by atoms with E-state index in [1.165, 1.54) is 4.88 Å². The maximum absolute atomic E-state index is 5.43. The van der Waals surface area contributed by atoms with Gasteiger partial charge in [-0.05, 0) is 42.5 Å². The summed E-state index contributed by atoms with van der Waals surface area (Å²) in [6.45, 7) is 4.79. The lowest BCUT2D eigenvalue weighted by atomic mass is 10.2. The van der Waals surface area contributed by atoms with E-state index < -0.39 is 0 Å². The summed E-state index contributed by atoms with van der Waals surface area (Å²) < 4.78 is 10.8. The van der Waals surface area contributed by atoms with Gasteiger partial charge in [0.15, 0.2) is 17.5 Å². The Hall–Kier alpha value is -1.48. The molecule has 0 unspecified atom stereocenters. The van der Waals surface area contributed by atoms with Gasteiger partial charge in [0.1, 0.15) is 0 Å². The van der Waals surface area contributed by atoms with Gasteiger partial charge in [-0.1, -0.05) is 12.1 Å². The fourth-order valence-electron chi connectivity index (χ4n) is 2.51. The Morgan fingerprint density at radius 2 is 2.12 bits per heavy atom. The summed E-state index contributed by atoms with van der Waals surface area (Å²) in [7, 11) is 2.08. The molecule has 1 aromatic heterocycles. The van der Waals surface area contributed by atoms with Crippen LogP contribution in [0.15, 0.2) is 40.7 Å². The van der Waals surface area contributed by atoms with Crippen LogP contribution in [0, 0.1) is 0 Å². The SMILES string of the molecule is CCNC(=NCc1ccc2c(c1)OCO2)N(C)CCc1cccs1.I. The van der Waals surface area contributed by atoms with Crippen LogP contribution in [0.5, 0.6) is 11.5 Å². The smallest absolute Gasteiger partial charge is 0.231 e. The minimum absolute atomic E-state index is 0. The first-order valence-electron chi connectivity index (χ1n) is 8.16. The predicted molar refractivity (Wildman–Crippen MR) is 113 cm³/mol. The van der Waals surface area contributed by atoms with Gasteiger partial charge in [0.25, 0.3) is 0 Å². The molecular weight excluding hydrogens is 449 g/mol. The first kappa shape index (κ1) is 19.8. The normalized spacial score (nSPS) is 12.6. The summed E-state index contributed by atoms with van der Waals surface area (Å²) in [4.78, 5) is 8.32. The number of ether oxygens (including phenoxy) is 2. The molecule has 1 aliphatic rings. The fraction of sp³-hybridized carbons (Fsp3) is 0.389.